The van der Waals surface area contributed by atoms with Gasteiger partial charge in [-0.05, 0) is 19.9 Å². The highest BCUT2D eigenvalue weighted by atomic mass is 16.2. The highest BCUT2D eigenvalue weighted by molar-refractivity contribution is 5.90. The summed E-state index contributed by atoms with van der Waals surface area (Å²) in [7, 11) is 0. The van der Waals surface area contributed by atoms with Crippen molar-refractivity contribution in [3.63, 3.8) is 0 Å². The Labute approximate surface area is 121 Å². The Hall–Kier alpha value is -2.44. The van der Waals surface area contributed by atoms with Crippen molar-refractivity contribution in [1.29, 1.82) is 0 Å². The summed E-state index contributed by atoms with van der Waals surface area (Å²) in [5.41, 5.74) is 0.336. The van der Waals surface area contributed by atoms with E-state index in [0.29, 0.717) is 29.8 Å². The monoisotopic (exact) mass is 287 g/mol. The van der Waals surface area contributed by atoms with Gasteiger partial charge in [0.2, 0.25) is 5.91 Å². The fourth-order valence-corrected chi connectivity index (χ4v) is 2.63. The molecule has 0 aromatic carbocycles. The minimum Gasteiger partial charge on any atom is -0.344 e. The third-order valence-electron chi connectivity index (χ3n) is 3.72. The van der Waals surface area contributed by atoms with Crippen molar-refractivity contribution < 1.29 is 4.79 Å². The molecule has 1 N–H and O–H groups in total. The standard InChI is InChI=1S/C14H17N5O2/c1-9(2)19-6-5-18(7-11(19)20)13-12-10(3-4-15-13)14(21)17-8-16-12/h3-4,8-9H,5-7H2,1-2H3,(H,16,17,21). The van der Waals surface area contributed by atoms with E-state index in [-0.39, 0.29) is 24.1 Å². The fourth-order valence-electron chi connectivity index (χ4n) is 2.63. The molecule has 0 bridgehead atoms. The Morgan fingerprint density at radius 1 is 1.24 bits per heavy atom. The minimum absolute atomic E-state index is 0.0693. The SMILES string of the molecule is CC(C)N1CCN(c2nccc3c(=O)[nH]cnc23)CC1=O. The second-order valence-corrected chi connectivity index (χ2v) is 5.36. The number of hydrogen-bond acceptors (Lipinski definition) is 5. The van der Waals surface area contributed by atoms with E-state index >= 15 is 0 Å². The van der Waals surface area contributed by atoms with Crippen LogP contribution in [0.2, 0.25) is 0 Å². The predicted molar refractivity (Wildman–Crippen MR) is 79.2 cm³/mol. The molecule has 7 heteroatoms. The predicted octanol–water partition coefficient (Wildman–Crippen LogP) is 0.375. The summed E-state index contributed by atoms with van der Waals surface area (Å²) in [6, 6.07) is 1.83. The topological polar surface area (TPSA) is 82.2 Å². The Kier molecular flexibility index (Phi) is 3.32. The lowest BCUT2D eigenvalue weighted by molar-refractivity contribution is -0.132. The van der Waals surface area contributed by atoms with Crippen molar-refractivity contribution in [2.24, 2.45) is 0 Å². The summed E-state index contributed by atoms with van der Waals surface area (Å²) in [6.45, 7) is 5.61. The van der Waals surface area contributed by atoms with Crippen molar-refractivity contribution in [1.82, 2.24) is 19.9 Å². The van der Waals surface area contributed by atoms with Crippen LogP contribution in [0.3, 0.4) is 0 Å². The molecule has 2 aromatic rings. The summed E-state index contributed by atoms with van der Waals surface area (Å²) in [6.07, 6.45) is 2.94. The summed E-state index contributed by atoms with van der Waals surface area (Å²) in [4.78, 5) is 38.8. The number of nitrogens with zero attached hydrogens (tertiary/aromatic N) is 4. The number of piperazine rings is 1. The molecule has 0 radical (unpaired) electrons. The Balaban J connectivity index is 1.97. The Morgan fingerprint density at radius 2 is 2.05 bits per heavy atom. The molecular weight excluding hydrogens is 270 g/mol. The van der Waals surface area contributed by atoms with E-state index in [0.717, 1.165) is 0 Å². The summed E-state index contributed by atoms with van der Waals surface area (Å²) in [5, 5.41) is 0.487. The van der Waals surface area contributed by atoms with E-state index in [2.05, 4.69) is 15.0 Å². The summed E-state index contributed by atoms with van der Waals surface area (Å²) >= 11 is 0. The van der Waals surface area contributed by atoms with Crippen LogP contribution in [0.4, 0.5) is 5.82 Å². The molecule has 110 valence electrons. The lowest BCUT2D eigenvalue weighted by Crippen LogP contribution is -2.53. The van der Waals surface area contributed by atoms with Gasteiger partial charge in [-0.15, -0.1) is 0 Å². The van der Waals surface area contributed by atoms with E-state index in [1.165, 1.54) is 6.33 Å². The van der Waals surface area contributed by atoms with Gasteiger partial charge < -0.3 is 14.8 Å². The molecule has 1 saturated heterocycles. The maximum atomic E-state index is 12.2. The van der Waals surface area contributed by atoms with Gasteiger partial charge in [-0.2, -0.15) is 0 Å². The molecule has 1 aliphatic rings. The fraction of sp³-hybridized carbons (Fsp3) is 0.429. The molecule has 1 fully saturated rings. The number of aromatic amines is 1. The third-order valence-corrected chi connectivity index (χ3v) is 3.72. The van der Waals surface area contributed by atoms with Crippen LogP contribution in [-0.2, 0) is 4.79 Å². The number of hydrogen-bond donors (Lipinski definition) is 1. The Morgan fingerprint density at radius 3 is 2.76 bits per heavy atom. The molecule has 1 aliphatic heterocycles. The zero-order valence-electron chi connectivity index (χ0n) is 12.0. The Bertz CT molecular complexity index is 739. The lowest BCUT2D eigenvalue weighted by atomic mass is 10.2. The summed E-state index contributed by atoms with van der Waals surface area (Å²) in [5.74, 6) is 0.662. The minimum atomic E-state index is -0.198. The van der Waals surface area contributed by atoms with E-state index in [9.17, 15) is 9.59 Å². The first-order valence-corrected chi connectivity index (χ1v) is 6.94. The van der Waals surface area contributed by atoms with Gasteiger partial charge in [0.25, 0.3) is 5.56 Å². The molecule has 7 nitrogen and oxygen atoms in total. The zero-order valence-corrected chi connectivity index (χ0v) is 12.0. The van der Waals surface area contributed by atoms with E-state index in [1.54, 1.807) is 12.3 Å². The molecule has 0 spiro atoms. The van der Waals surface area contributed by atoms with Gasteiger partial charge in [-0.25, -0.2) is 9.97 Å². The lowest BCUT2D eigenvalue weighted by Gasteiger charge is -2.37. The molecule has 0 atom stereocenters. The van der Waals surface area contributed by atoms with Crippen LogP contribution in [0, 0.1) is 0 Å². The van der Waals surface area contributed by atoms with E-state index in [1.807, 2.05) is 23.6 Å². The van der Waals surface area contributed by atoms with Gasteiger partial charge in [0.1, 0.15) is 5.52 Å². The van der Waals surface area contributed by atoms with Crippen LogP contribution >= 0.6 is 0 Å². The second kappa shape index (κ2) is 5.16. The molecule has 2 aromatic heterocycles. The average Bonchev–Trinajstić information content (AvgIpc) is 2.46. The third kappa shape index (κ3) is 2.35. The number of aromatic nitrogens is 3. The maximum Gasteiger partial charge on any atom is 0.258 e. The van der Waals surface area contributed by atoms with Gasteiger partial charge in [-0.3, -0.25) is 9.59 Å². The molecular formula is C14H17N5O2. The first-order valence-electron chi connectivity index (χ1n) is 6.94. The quantitative estimate of drug-likeness (QED) is 0.863. The first-order chi connectivity index (χ1) is 10.1. The van der Waals surface area contributed by atoms with Gasteiger partial charge in [-0.1, -0.05) is 0 Å². The maximum absolute atomic E-state index is 12.2. The number of rotatable bonds is 2. The number of fused-ring (bicyclic) bond motifs is 1. The highest BCUT2D eigenvalue weighted by Gasteiger charge is 2.27. The number of pyridine rings is 1. The number of carbonyl (C=O) groups excluding carboxylic acids is 1. The van der Waals surface area contributed by atoms with Crippen molar-refractivity contribution in [2.45, 2.75) is 19.9 Å². The van der Waals surface area contributed by atoms with Crippen LogP contribution in [-0.4, -0.2) is 51.4 Å². The summed E-state index contributed by atoms with van der Waals surface area (Å²) < 4.78 is 0. The van der Waals surface area contributed by atoms with E-state index < -0.39 is 0 Å². The molecule has 3 heterocycles. The van der Waals surface area contributed by atoms with Crippen molar-refractivity contribution in [3.05, 3.63) is 28.9 Å². The van der Waals surface area contributed by atoms with Gasteiger partial charge >= 0.3 is 0 Å². The van der Waals surface area contributed by atoms with Crippen LogP contribution < -0.4 is 10.5 Å². The molecule has 0 aliphatic carbocycles. The number of nitrogens with one attached hydrogen (secondary N) is 1. The molecule has 0 saturated carbocycles. The van der Waals surface area contributed by atoms with Crippen LogP contribution in [0.1, 0.15) is 13.8 Å². The van der Waals surface area contributed by atoms with E-state index in [4.69, 9.17) is 0 Å². The second-order valence-electron chi connectivity index (χ2n) is 5.36. The van der Waals surface area contributed by atoms with Crippen molar-refractivity contribution in [3.8, 4) is 0 Å². The number of anilines is 1. The van der Waals surface area contributed by atoms with Crippen LogP contribution in [0.15, 0.2) is 23.4 Å². The number of H-pyrrole nitrogens is 1. The van der Waals surface area contributed by atoms with Gasteiger partial charge in [0.05, 0.1) is 18.3 Å². The first kappa shape index (κ1) is 13.5. The number of carbonyl (C=O) groups is 1. The normalized spacial score (nSPS) is 16.0. The molecule has 21 heavy (non-hydrogen) atoms. The van der Waals surface area contributed by atoms with Crippen molar-refractivity contribution >= 4 is 22.6 Å². The zero-order chi connectivity index (χ0) is 15.0. The number of amides is 1. The highest BCUT2D eigenvalue weighted by Crippen LogP contribution is 2.21. The average molecular weight is 287 g/mol. The molecule has 0 unspecified atom stereocenters. The van der Waals surface area contributed by atoms with Gasteiger partial charge in [0.15, 0.2) is 5.82 Å². The van der Waals surface area contributed by atoms with Crippen LogP contribution in [0.5, 0.6) is 0 Å². The largest absolute Gasteiger partial charge is 0.344 e. The van der Waals surface area contributed by atoms with Crippen molar-refractivity contribution in [2.75, 3.05) is 24.5 Å². The smallest absolute Gasteiger partial charge is 0.258 e. The van der Waals surface area contributed by atoms with Crippen LogP contribution in [0.25, 0.3) is 10.9 Å². The molecule has 1 amide bonds. The van der Waals surface area contributed by atoms with Gasteiger partial charge in [0, 0.05) is 25.3 Å². The molecule has 3 rings (SSSR count).